The summed E-state index contributed by atoms with van der Waals surface area (Å²) in [7, 11) is 0. The maximum atomic E-state index is 12.4. The first-order valence-electron chi connectivity index (χ1n) is 7.99. The van der Waals surface area contributed by atoms with E-state index in [4.69, 9.17) is 4.74 Å². The Bertz CT molecular complexity index is 669. The number of rotatable bonds is 5. The Labute approximate surface area is 141 Å². The number of amides is 1. The fraction of sp³-hybridized carbons (Fsp3) is 0.316. The van der Waals surface area contributed by atoms with Gasteiger partial charge in [-0.1, -0.05) is 30.3 Å². The first-order chi connectivity index (χ1) is 11.3. The van der Waals surface area contributed by atoms with Crippen LogP contribution in [0.2, 0.25) is 0 Å². The van der Waals surface area contributed by atoms with Crippen LogP contribution in [-0.2, 0) is 11.2 Å². The van der Waals surface area contributed by atoms with Gasteiger partial charge in [0.05, 0.1) is 19.1 Å². The number of ether oxygens (including phenoxy) is 1. The second kappa shape index (κ2) is 7.55. The lowest BCUT2D eigenvalue weighted by Gasteiger charge is -2.25. The first kappa shape index (κ1) is 15.9. The van der Waals surface area contributed by atoms with Crippen molar-refractivity contribution in [2.75, 3.05) is 12.4 Å². The van der Waals surface area contributed by atoms with Gasteiger partial charge in [0.1, 0.15) is 5.75 Å². The lowest BCUT2D eigenvalue weighted by molar-refractivity contribution is -0.121. The summed E-state index contributed by atoms with van der Waals surface area (Å²) in [6.07, 6.45) is 1.38. The molecule has 0 fully saturated rings. The fourth-order valence-electron chi connectivity index (χ4n) is 2.79. The van der Waals surface area contributed by atoms with Crippen molar-refractivity contribution in [3.05, 3.63) is 59.7 Å². The number of nitrogens with one attached hydrogen (secondary N) is 1. The Morgan fingerprint density at radius 3 is 2.78 bits per heavy atom. The van der Waals surface area contributed by atoms with E-state index in [-0.39, 0.29) is 11.9 Å². The van der Waals surface area contributed by atoms with E-state index < -0.39 is 0 Å². The molecule has 0 bridgehead atoms. The van der Waals surface area contributed by atoms with E-state index in [0.717, 1.165) is 23.5 Å². The predicted octanol–water partition coefficient (Wildman–Crippen LogP) is 3.98. The number of benzene rings is 2. The SMILES string of the molecule is CCOc1ccc(CC(=O)NC2CCSc3ccccc32)cc1. The molecule has 0 aromatic heterocycles. The fourth-order valence-corrected chi connectivity index (χ4v) is 3.92. The number of fused-ring (bicyclic) bond motifs is 1. The molecule has 1 aliphatic rings. The summed E-state index contributed by atoms with van der Waals surface area (Å²) in [6, 6.07) is 16.2. The summed E-state index contributed by atoms with van der Waals surface area (Å²) in [5.41, 5.74) is 2.24. The highest BCUT2D eigenvalue weighted by Gasteiger charge is 2.21. The molecule has 1 amide bonds. The van der Waals surface area contributed by atoms with Gasteiger partial charge < -0.3 is 10.1 Å². The molecule has 0 spiro atoms. The highest BCUT2D eigenvalue weighted by atomic mass is 32.2. The third-order valence-electron chi connectivity index (χ3n) is 3.89. The topological polar surface area (TPSA) is 38.3 Å². The number of thioether (sulfide) groups is 1. The number of carbonyl (C=O) groups is 1. The lowest BCUT2D eigenvalue weighted by Crippen LogP contribution is -2.31. The van der Waals surface area contributed by atoms with Crippen LogP contribution in [0.15, 0.2) is 53.4 Å². The Hall–Kier alpha value is -1.94. The van der Waals surface area contributed by atoms with E-state index in [0.29, 0.717) is 13.0 Å². The number of hydrogen-bond acceptors (Lipinski definition) is 3. The van der Waals surface area contributed by atoms with Crippen LogP contribution in [0.3, 0.4) is 0 Å². The molecule has 3 rings (SSSR count). The molecule has 1 unspecified atom stereocenters. The Morgan fingerprint density at radius 1 is 1.22 bits per heavy atom. The molecule has 120 valence electrons. The summed E-state index contributed by atoms with van der Waals surface area (Å²) in [4.78, 5) is 13.6. The molecule has 0 aliphatic carbocycles. The van der Waals surface area contributed by atoms with Gasteiger partial charge in [-0.25, -0.2) is 0 Å². The summed E-state index contributed by atoms with van der Waals surface area (Å²) in [5, 5.41) is 3.18. The molecule has 0 saturated heterocycles. The number of hydrogen-bond donors (Lipinski definition) is 1. The lowest BCUT2D eigenvalue weighted by atomic mass is 10.0. The standard InChI is InChI=1S/C19H21NO2S/c1-2-22-15-9-7-14(8-10-15)13-19(21)20-17-11-12-23-18-6-4-3-5-16(17)18/h3-10,17H,2,11-13H2,1H3,(H,20,21). The van der Waals surface area contributed by atoms with Crippen LogP contribution in [0.4, 0.5) is 0 Å². The molecule has 1 heterocycles. The predicted molar refractivity (Wildman–Crippen MR) is 94.0 cm³/mol. The second-order valence-corrected chi connectivity index (χ2v) is 6.69. The second-order valence-electron chi connectivity index (χ2n) is 5.55. The summed E-state index contributed by atoms with van der Waals surface area (Å²) >= 11 is 1.86. The maximum absolute atomic E-state index is 12.4. The summed E-state index contributed by atoms with van der Waals surface area (Å²) in [5.74, 6) is 1.96. The largest absolute Gasteiger partial charge is 0.494 e. The third-order valence-corrected chi connectivity index (χ3v) is 5.02. The molecular formula is C19H21NO2S. The minimum Gasteiger partial charge on any atom is -0.494 e. The van der Waals surface area contributed by atoms with Crippen LogP contribution in [0.25, 0.3) is 0 Å². The number of carbonyl (C=O) groups excluding carboxylic acids is 1. The maximum Gasteiger partial charge on any atom is 0.224 e. The molecular weight excluding hydrogens is 306 g/mol. The van der Waals surface area contributed by atoms with E-state index >= 15 is 0 Å². The van der Waals surface area contributed by atoms with Crippen LogP contribution < -0.4 is 10.1 Å². The average molecular weight is 327 g/mol. The summed E-state index contributed by atoms with van der Waals surface area (Å²) < 4.78 is 5.42. The van der Waals surface area contributed by atoms with Gasteiger partial charge in [0.2, 0.25) is 5.91 Å². The Balaban J connectivity index is 1.62. The first-order valence-corrected chi connectivity index (χ1v) is 8.97. The van der Waals surface area contributed by atoms with Gasteiger partial charge in [-0.2, -0.15) is 0 Å². The molecule has 1 aliphatic heterocycles. The van der Waals surface area contributed by atoms with E-state index in [1.54, 1.807) is 0 Å². The van der Waals surface area contributed by atoms with E-state index in [9.17, 15) is 4.79 Å². The minimum absolute atomic E-state index is 0.0702. The quantitative estimate of drug-likeness (QED) is 0.903. The van der Waals surface area contributed by atoms with Crippen molar-refractivity contribution >= 4 is 17.7 Å². The van der Waals surface area contributed by atoms with Gasteiger partial charge in [0.15, 0.2) is 0 Å². The molecule has 1 N–H and O–H groups in total. The van der Waals surface area contributed by atoms with Crippen molar-refractivity contribution in [1.82, 2.24) is 5.32 Å². The molecule has 1 atom stereocenters. The normalized spacial score (nSPS) is 16.5. The van der Waals surface area contributed by atoms with Gasteiger partial charge in [0, 0.05) is 10.6 Å². The van der Waals surface area contributed by atoms with Crippen molar-refractivity contribution < 1.29 is 9.53 Å². The van der Waals surface area contributed by atoms with Gasteiger partial charge in [0.25, 0.3) is 0 Å². The van der Waals surface area contributed by atoms with Gasteiger partial charge >= 0.3 is 0 Å². The summed E-state index contributed by atoms with van der Waals surface area (Å²) in [6.45, 7) is 2.61. The van der Waals surface area contributed by atoms with Crippen molar-refractivity contribution in [3.63, 3.8) is 0 Å². The third kappa shape index (κ3) is 4.08. The molecule has 4 heteroatoms. The smallest absolute Gasteiger partial charge is 0.224 e. The Kier molecular flexibility index (Phi) is 5.23. The van der Waals surface area contributed by atoms with Crippen LogP contribution >= 0.6 is 11.8 Å². The highest BCUT2D eigenvalue weighted by molar-refractivity contribution is 7.99. The van der Waals surface area contributed by atoms with E-state index in [1.807, 2.05) is 49.0 Å². The van der Waals surface area contributed by atoms with Crippen LogP contribution in [0, 0.1) is 0 Å². The molecule has 0 saturated carbocycles. The van der Waals surface area contributed by atoms with Crippen molar-refractivity contribution in [3.8, 4) is 5.75 Å². The monoisotopic (exact) mass is 327 g/mol. The zero-order valence-electron chi connectivity index (χ0n) is 13.2. The van der Waals surface area contributed by atoms with Gasteiger partial charge in [-0.15, -0.1) is 11.8 Å². The van der Waals surface area contributed by atoms with Crippen molar-refractivity contribution in [1.29, 1.82) is 0 Å². The Morgan fingerprint density at radius 2 is 2.00 bits per heavy atom. The average Bonchev–Trinajstić information content (AvgIpc) is 2.57. The molecule has 2 aromatic carbocycles. The van der Waals surface area contributed by atoms with Crippen LogP contribution in [-0.4, -0.2) is 18.3 Å². The van der Waals surface area contributed by atoms with Crippen LogP contribution in [0.5, 0.6) is 5.75 Å². The molecule has 23 heavy (non-hydrogen) atoms. The molecule has 2 aromatic rings. The highest BCUT2D eigenvalue weighted by Crippen LogP contribution is 2.35. The molecule has 0 radical (unpaired) electrons. The van der Waals surface area contributed by atoms with Crippen molar-refractivity contribution in [2.45, 2.75) is 30.7 Å². The van der Waals surface area contributed by atoms with Gasteiger partial charge in [-0.05, 0) is 42.7 Å². The van der Waals surface area contributed by atoms with Gasteiger partial charge in [-0.3, -0.25) is 4.79 Å². The zero-order valence-corrected chi connectivity index (χ0v) is 14.1. The van der Waals surface area contributed by atoms with Crippen LogP contribution in [0.1, 0.15) is 30.5 Å². The van der Waals surface area contributed by atoms with Crippen molar-refractivity contribution in [2.24, 2.45) is 0 Å². The molecule has 3 nitrogen and oxygen atoms in total. The van der Waals surface area contributed by atoms with E-state index in [2.05, 4.69) is 23.5 Å². The zero-order chi connectivity index (χ0) is 16.1. The van der Waals surface area contributed by atoms with E-state index in [1.165, 1.54) is 10.5 Å². The minimum atomic E-state index is 0.0702.